The van der Waals surface area contributed by atoms with Crippen molar-refractivity contribution >= 4 is 18.1 Å². The number of ether oxygens (including phenoxy) is 4. The number of unbranched alkanes of at least 4 members (excludes halogenated alkanes) is 1. The van der Waals surface area contributed by atoms with E-state index in [4.69, 9.17) is 18.9 Å². The van der Waals surface area contributed by atoms with E-state index < -0.39 is 12.1 Å². The van der Waals surface area contributed by atoms with Gasteiger partial charge in [0.25, 0.3) is 0 Å². The summed E-state index contributed by atoms with van der Waals surface area (Å²) in [5, 5.41) is 0. The Labute approximate surface area is 173 Å². The Morgan fingerprint density at radius 2 is 1.38 bits per heavy atom. The lowest BCUT2D eigenvalue weighted by Crippen LogP contribution is -2.32. The summed E-state index contributed by atoms with van der Waals surface area (Å²) in [6, 6.07) is 0. The van der Waals surface area contributed by atoms with Gasteiger partial charge in [0.15, 0.2) is 0 Å². The average Bonchev–Trinajstić information content (AvgIpc) is 2.72. The van der Waals surface area contributed by atoms with Gasteiger partial charge in [-0.25, -0.2) is 9.59 Å². The van der Waals surface area contributed by atoms with Gasteiger partial charge >= 0.3 is 18.1 Å². The highest BCUT2D eigenvalue weighted by molar-refractivity contribution is 5.81. The minimum absolute atomic E-state index is 0.0722. The third kappa shape index (κ3) is 8.88. The van der Waals surface area contributed by atoms with Gasteiger partial charge in [-0.1, -0.05) is 13.5 Å². The summed E-state index contributed by atoms with van der Waals surface area (Å²) in [6.07, 6.45) is 8.29. The van der Waals surface area contributed by atoms with Gasteiger partial charge in [-0.05, 0) is 70.1 Å². The van der Waals surface area contributed by atoms with Crippen LogP contribution in [0.3, 0.4) is 0 Å². The normalized spacial score (nSPS) is 26.8. The lowest BCUT2D eigenvalue weighted by molar-refractivity contribution is -0.157. The van der Waals surface area contributed by atoms with E-state index in [-0.39, 0.29) is 37.3 Å². The van der Waals surface area contributed by atoms with Crippen molar-refractivity contribution < 1.29 is 33.3 Å². The Morgan fingerprint density at radius 3 is 2.00 bits per heavy atom. The molecule has 0 heterocycles. The van der Waals surface area contributed by atoms with Gasteiger partial charge in [0.2, 0.25) is 0 Å². The third-order valence-electron chi connectivity index (χ3n) is 5.69. The second-order valence-corrected chi connectivity index (χ2v) is 8.09. The molecular weight excluding hydrogens is 376 g/mol. The summed E-state index contributed by atoms with van der Waals surface area (Å²) in [5.74, 6) is 0.0801. The van der Waals surface area contributed by atoms with E-state index >= 15 is 0 Å². The summed E-state index contributed by atoms with van der Waals surface area (Å²) < 4.78 is 20.9. The van der Waals surface area contributed by atoms with Crippen LogP contribution in [0.4, 0.5) is 4.79 Å². The molecule has 0 aromatic carbocycles. The van der Waals surface area contributed by atoms with Gasteiger partial charge in [0, 0.05) is 6.08 Å². The molecule has 7 nitrogen and oxygen atoms in total. The van der Waals surface area contributed by atoms with Crippen molar-refractivity contribution in [2.75, 3.05) is 13.2 Å². The maximum absolute atomic E-state index is 12.4. The van der Waals surface area contributed by atoms with Crippen molar-refractivity contribution in [3.63, 3.8) is 0 Å². The third-order valence-corrected chi connectivity index (χ3v) is 5.69. The van der Waals surface area contributed by atoms with Crippen LogP contribution in [0, 0.1) is 11.8 Å². The van der Waals surface area contributed by atoms with Crippen molar-refractivity contribution in [3.8, 4) is 0 Å². The molecule has 2 fully saturated rings. The SMILES string of the molecule is C=CC(=O)OCCCCOC(=O)OC1CCC(C(=O)OC2CCC(C)CC2)CC1. The summed E-state index contributed by atoms with van der Waals surface area (Å²) in [5.41, 5.74) is 0. The molecular formula is C22H34O7. The maximum atomic E-state index is 12.4. The highest BCUT2D eigenvalue weighted by atomic mass is 16.7. The van der Waals surface area contributed by atoms with Crippen molar-refractivity contribution in [1.82, 2.24) is 0 Å². The van der Waals surface area contributed by atoms with Gasteiger partial charge in [-0.3, -0.25) is 4.79 Å². The van der Waals surface area contributed by atoms with Crippen LogP contribution in [0.15, 0.2) is 12.7 Å². The number of esters is 2. The quantitative estimate of drug-likeness (QED) is 0.242. The topological polar surface area (TPSA) is 88.1 Å². The largest absolute Gasteiger partial charge is 0.508 e. The fourth-order valence-corrected chi connectivity index (χ4v) is 3.79. The van der Waals surface area contributed by atoms with E-state index in [1.165, 1.54) is 0 Å². The van der Waals surface area contributed by atoms with Crippen molar-refractivity contribution in [2.24, 2.45) is 11.8 Å². The predicted octanol–water partition coefficient (Wildman–Crippen LogP) is 4.33. The molecule has 2 aliphatic carbocycles. The van der Waals surface area contributed by atoms with Crippen LogP contribution in [0.25, 0.3) is 0 Å². The molecule has 2 rings (SSSR count). The number of hydrogen-bond donors (Lipinski definition) is 0. The minimum Gasteiger partial charge on any atom is -0.463 e. The molecule has 29 heavy (non-hydrogen) atoms. The van der Waals surface area contributed by atoms with Gasteiger partial charge in [0.1, 0.15) is 12.2 Å². The summed E-state index contributed by atoms with van der Waals surface area (Å²) >= 11 is 0. The molecule has 0 unspecified atom stereocenters. The Kier molecular flexibility index (Phi) is 10.0. The summed E-state index contributed by atoms with van der Waals surface area (Å²) in [7, 11) is 0. The first-order valence-corrected chi connectivity index (χ1v) is 10.8. The molecule has 0 spiro atoms. The van der Waals surface area contributed by atoms with Crippen molar-refractivity contribution in [3.05, 3.63) is 12.7 Å². The Morgan fingerprint density at radius 1 is 0.828 bits per heavy atom. The molecule has 0 amide bonds. The van der Waals surface area contributed by atoms with Gasteiger partial charge in [-0.2, -0.15) is 0 Å². The van der Waals surface area contributed by atoms with E-state index in [1.54, 1.807) is 0 Å². The minimum atomic E-state index is -0.685. The molecule has 0 radical (unpaired) electrons. The average molecular weight is 411 g/mol. The smallest absolute Gasteiger partial charge is 0.463 e. The first kappa shape index (κ1) is 23.2. The molecule has 0 bridgehead atoms. The highest BCUT2D eigenvalue weighted by Crippen LogP contribution is 2.30. The van der Waals surface area contributed by atoms with Crippen LogP contribution >= 0.6 is 0 Å². The molecule has 164 valence electrons. The van der Waals surface area contributed by atoms with Crippen LogP contribution in [-0.2, 0) is 28.5 Å². The van der Waals surface area contributed by atoms with E-state index in [0.717, 1.165) is 37.7 Å². The first-order chi connectivity index (χ1) is 14.0. The first-order valence-electron chi connectivity index (χ1n) is 10.8. The van der Waals surface area contributed by atoms with Crippen molar-refractivity contribution in [1.29, 1.82) is 0 Å². The summed E-state index contributed by atoms with van der Waals surface area (Å²) in [6.45, 7) is 6.03. The molecule has 2 aliphatic rings. The molecule has 0 N–H and O–H groups in total. The Bertz CT molecular complexity index is 543. The number of carbonyl (C=O) groups is 3. The second kappa shape index (κ2) is 12.5. The zero-order valence-corrected chi connectivity index (χ0v) is 17.4. The van der Waals surface area contributed by atoms with Crippen LogP contribution in [-0.4, -0.2) is 43.5 Å². The van der Waals surface area contributed by atoms with Gasteiger partial charge in [-0.15, -0.1) is 0 Å². The Hall–Kier alpha value is -2.05. The maximum Gasteiger partial charge on any atom is 0.508 e. The fraction of sp³-hybridized carbons (Fsp3) is 0.773. The molecule has 7 heteroatoms. The lowest BCUT2D eigenvalue weighted by atomic mass is 9.86. The van der Waals surface area contributed by atoms with Gasteiger partial charge in [0.05, 0.1) is 19.1 Å². The number of hydrogen-bond acceptors (Lipinski definition) is 7. The molecule has 0 atom stereocenters. The van der Waals surface area contributed by atoms with Crippen LogP contribution in [0.1, 0.15) is 71.1 Å². The zero-order chi connectivity index (χ0) is 21.1. The molecule has 0 saturated heterocycles. The fourth-order valence-electron chi connectivity index (χ4n) is 3.79. The monoisotopic (exact) mass is 410 g/mol. The van der Waals surface area contributed by atoms with E-state index in [9.17, 15) is 14.4 Å². The van der Waals surface area contributed by atoms with E-state index in [2.05, 4.69) is 13.5 Å². The second-order valence-electron chi connectivity index (χ2n) is 8.09. The lowest BCUT2D eigenvalue weighted by Gasteiger charge is -2.30. The number of rotatable bonds is 9. The van der Waals surface area contributed by atoms with Crippen LogP contribution in [0.2, 0.25) is 0 Å². The standard InChI is InChI=1S/C22H34O7/c1-3-20(23)26-14-4-5-15-27-22(25)29-19-12-8-17(9-13-19)21(24)28-18-10-6-16(2)7-11-18/h3,16-19H,1,4-15H2,2H3. The van der Waals surface area contributed by atoms with Crippen LogP contribution in [0.5, 0.6) is 0 Å². The molecule has 0 aromatic heterocycles. The number of carbonyl (C=O) groups excluding carboxylic acids is 3. The van der Waals surface area contributed by atoms with E-state index in [0.29, 0.717) is 38.5 Å². The molecule has 0 aliphatic heterocycles. The van der Waals surface area contributed by atoms with Crippen LogP contribution < -0.4 is 0 Å². The van der Waals surface area contributed by atoms with Crippen molar-refractivity contribution in [2.45, 2.75) is 83.3 Å². The highest BCUT2D eigenvalue weighted by Gasteiger charge is 2.31. The molecule has 0 aromatic rings. The van der Waals surface area contributed by atoms with E-state index in [1.807, 2.05) is 0 Å². The zero-order valence-electron chi connectivity index (χ0n) is 17.4. The van der Waals surface area contributed by atoms with Gasteiger partial charge < -0.3 is 18.9 Å². The summed E-state index contributed by atoms with van der Waals surface area (Å²) in [4.78, 5) is 35.0. The Balaban J connectivity index is 1.53. The molecule has 2 saturated carbocycles. The predicted molar refractivity (Wildman–Crippen MR) is 106 cm³/mol.